The number of furan rings is 1. The van der Waals surface area contributed by atoms with Crippen molar-refractivity contribution < 1.29 is 9.21 Å². The molecule has 5 heteroatoms. The van der Waals surface area contributed by atoms with Crippen molar-refractivity contribution in [2.24, 2.45) is 0 Å². The van der Waals surface area contributed by atoms with E-state index in [0.717, 1.165) is 11.1 Å². The predicted octanol–water partition coefficient (Wildman–Crippen LogP) is 3.06. The predicted molar refractivity (Wildman–Crippen MR) is 84.0 cm³/mol. The zero-order valence-electron chi connectivity index (χ0n) is 11.9. The van der Waals surface area contributed by atoms with Crippen LogP contribution in [-0.2, 0) is 4.79 Å². The van der Waals surface area contributed by atoms with Crippen molar-refractivity contribution in [1.82, 2.24) is 4.57 Å². The maximum atomic E-state index is 12.1. The molecule has 0 unspecified atom stereocenters. The summed E-state index contributed by atoms with van der Waals surface area (Å²) in [6.45, 7) is 1.44. The Kier molecular flexibility index (Phi) is 3.62. The van der Waals surface area contributed by atoms with Crippen LogP contribution in [0.25, 0.3) is 16.8 Å². The number of benzene rings is 1. The van der Waals surface area contributed by atoms with Crippen LogP contribution in [0.1, 0.15) is 6.92 Å². The van der Waals surface area contributed by atoms with E-state index in [9.17, 15) is 9.59 Å². The number of nitrogens with one attached hydrogen (secondary N) is 1. The maximum Gasteiger partial charge on any atom is 0.255 e. The molecule has 0 fully saturated rings. The highest BCUT2D eigenvalue weighted by Gasteiger charge is 2.05. The van der Waals surface area contributed by atoms with Crippen molar-refractivity contribution in [3.8, 4) is 16.8 Å². The van der Waals surface area contributed by atoms with Crippen LogP contribution in [0.4, 0.5) is 5.69 Å². The topological polar surface area (TPSA) is 64.2 Å². The van der Waals surface area contributed by atoms with Crippen LogP contribution >= 0.6 is 0 Å². The van der Waals surface area contributed by atoms with Gasteiger partial charge in [-0.15, -0.1) is 0 Å². The van der Waals surface area contributed by atoms with Gasteiger partial charge in [0, 0.05) is 36.0 Å². The lowest BCUT2D eigenvalue weighted by molar-refractivity contribution is -0.114. The van der Waals surface area contributed by atoms with Crippen LogP contribution in [0.2, 0.25) is 0 Å². The summed E-state index contributed by atoms with van der Waals surface area (Å²) in [6.07, 6.45) is 4.96. The summed E-state index contributed by atoms with van der Waals surface area (Å²) in [6, 6.07) is 12.2. The Labute approximate surface area is 126 Å². The standard InChI is InChI=1S/C17H14N2O3/c1-12(20)18-15-3-2-4-16(9-15)19-10-13(5-6-17(19)21)14-7-8-22-11-14/h2-11H,1H3,(H,18,20). The molecule has 22 heavy (non-hydrogen) atoms. The van der Waals surface area contributed by atoms with Gasteiger partial charge in [0.05, 0.1) is 18.2 Å². The summed E-state index contributed by atoms with van der Waals surface area (Å²) < 4.78 is 6.61. The summed E-state index contributed by atoms with van der Waals surface area (Å²) in [7, 11) is 0. The van der Waals surface area contributed by atoms with Crippen LogP contribution < -0.4 is 10.9 Å². The van der Waals surface area contributed by atoms with Crippen LogP contribution in [0.5, 0.6) is 0 Å². The van der Waals surface area contributed by atoms with Crippen LogP contribution in [0.3, 0.4) is 0 Å². The smallest absolute Gasteiger partial charge is 0.255 e. The highest BCUT2D eigenvalue weighted by Crippen LogP contribution is 2.20. The van der Waals surface area contributed by atoms with Gasteiger partial charge in [0.1, 0.15) is 0 Å². The maximum absolute atomic E-state index is 12.1. The van der Waals surface area contributed by atoms with E-state index < -0.39 is 0 Å². The van der Waals surface area contributed by atoms with E-state index in [1.165, 1.54) is 17.6 Å². The molecule has 1 aromatic carbocycles. The van der Waals surface area contributed by atoms with E-state index in [0.29, 0.717) is 11.4 Å². The number of carbonyl (C=O) groups is 1. The highest BCUT2D eigenvalue weighted by molar-refractivity contribution is 5.88. The van der Waals surface area contributed by atoms with Crippen LogP contribution in [0, 0.1) is 0 Å². The Bertz CT molecular complexity index is 864. The van der Waals surface area contributed by atoms with Crippen LogP contribution in [0.15, 0.2) is 70.4 Å². The Morgan fingerprint density at radius 3 is 2.73 bits per heavy atom. The zero-order chi connectivity index (χ0) is 15.5. The third kappa shape index (κ3) is 2.83. The lowest BCUT2D eigenvalue weighted by Crippen LogP contribution is -2.16. The molecule has 2 heterocycles. The molecule has 110 valence electrons. The van der Waals surface area contributed by atoms with E-state index in [1.807, 2.05) is 12.1 Å². The second-order valence-electron chi connectivity index (χ2n) is 4.87. The number of anilines is 1. The molecule has 0 aliphatic heterocycles. The molecule has 0 atom stereocenters. The van der Waals surface area contributed by atoms with Gasteiger partial charge < -0.3 is 9.73 Å². The minimum Gasteiger partial charge on any atom is -0.472 e. The first-order chi connectivity index (χ1) is 10.6. The molecule has 3 aromatic rings. The number of pyridine rings is 1. The van der Waals surface area contributed by atoms with E-state index in [4.69, 9.17) is 4.42 Å². The van der Waals surface area contributed by atoms with Gasteiger partial charge in [0.15, 0.2) is 0 Å². The molecule has 1 amide bonds. The molecule has 5 nitrogen and oxygen atoms in total. The fraction of sp³-hybridized carbons (Fsp3) is 0.0588. The third-order valence-electron chi connectivity index (χ3n) is 3.21. The molecule has 1 N–H and O–H groups in total. The average Bonchev–Trinajstić information content (AvgIpc) is 3.01. The number of amides is 1. The first-order valence-corrected chi connectivity index (χ1v) is 6.77. The normalized spacial score (nSPS) is 10.4. The van der Waals surface area contributed by atoms with Gasteiger partial charge in [0.2, 0.25) is 5.91 Å². The molecule has 0 radical (unpaired) electrons. The summed E-state index contributed by atoms with van der Waals surface area (Å²) in [5, 5.41) is 2.71. The lowest BCUT2D eigenvalue weighted by atomic mass is 10.1. The molecule has 0 saturated carbocycles. The molecule has 0 bridgehead atoms. The molecule has 2 aromatic heterocycles. The first-order valence-electron chi connectivity index (χ1n) is 6.77. The van der Waals surface area contributed by atoms with Crippen molar-refractivity contribution in [1.29, 1.82) is 0 Å². The third-order valence-corrected chi connectivity index (χ3v) is 3.21. The Balaban J connectivity index is 2.06. The monoisotopic (exact) mass is 294 g/mol. The van der Waals surface area contributed by atoms with E-state index >= 15 is 0 Å². The van der Waals surface area contributed by atoms with Gasteiger partial charge >= 0.3 is 0 Å². The summed E-state index contributed by atoms with van der Waals surface area (Å²) >= 11 is 0. The van der Waals surface area contributed by atoms with Gasteiger partial charge in [-0.25, -0.2) is 0 Å². The van der Waals surface area contributed by atoms with Crippen molar-refractivity contribution in [2.75, 3.05) is 5.32 Å². The summed E-state index contributed by atoms with van der Waals surface area (Å²) in [5.74, 6) is -0.156. The number of nitrogens with zero attached hydrogens (tertiary/aromatic N) is 1. The van der Waals surface area contributed by atoms with Gasteiger partial charge in [-0.3, -0.25) is 14.2 Å². The van der Waals surface area contributed by atoms with Crippen molar-refractivity contribution in [3.63, 3.8) is 0 Å². The van der Waals surface area contributed by atoms with E-state index in [-0.39, 0.29) is 11.5 Å². The first kappa shape index (κ1) is 13.9. The fourth-order valence-electron chi connectivity index (χ4n) is 2.23. The summed E-state index contributed by atoms with van der Waals surface area (Å²) in [5.41, 5.74) is 2.95. The van der Waals surface area contributed by atoms with Crippen LogP contribution in [-0.4, -0.2) is 10.5 Å². The molecule has 0 aliphatic carbocycles. The summed E-state index contributed by atoms with van der Waals surface area (Å²) in [4.78, 5) is 23.3. The number of rotatable bonds is 3. The minimum absolute atomic E-state index is 0.146. The van der Waals surface area contributed by atoms with Gasteiger partial charge in [-0.2, -0.15) is 0 Å². The van der Waals surface area contributed by atoms with E-state index in [2.05, 4.69) is 5.32 Å². The zero-order valence-corrected chi connectivity index (χ0v) is 11.9. The second-order valence-corrected chi connectivity index (χ2v) is 4.87. The van der Waals surface area contributed by atoms with E-state index in [1.54, 1.807) is 43.0 Å². The van der Waals surface area contributed by atoms with Gasteiger partial charge in [-0.1, -0.05) is 6.07 Å². The molecule has 0 saturated heterocycles. The van der Waals surface area contributed by atoms with Crippen molar-refractivity contribution in [3.05, 3.63) is 71.5 Å². The Morgan fingerprint density at radius 1 is 1.14 bits per heavy atom. The fourth-order valence-corrected chi connectivity index (χ4v) is 2.23. The van der Waals surface area contributed by atoms with Gasteiger partial charge in [-0.05, 0) is 30.3 Å². The largest absolute Gasteiger partial charge is 0.472 e. The van der Waals surface area contributed by atoms with Crippen molar-refractivity contribution in [2.45, 2.75) is 6.92 Å². The van der Waals surface area contributed by atoms with Crippen molar-refractivity contribution >= 4 is 11.6 Å². The molecular formula is C17H14N2O3. The number of hydrogen-bond donors (Lipinski definition) is 1. The second kappa shape index (κ2) is 5.73. The lowest BCUT2D eigenvalue weighted by Gasteiger charge is -2.09. The quantitative estimate of drug-likeness (QED) is 0.807. The average molecular weight is 294 g/mol. The molecule has 0 aliphatic rings. The molecular weight excluding hydrogens is 280 g/mol. The minimum atomic E-state index is -0.156. The Hall–Kier alpha value is -3.08. The van der Waals surface area contributed by atoms with Gasteiger partial charge in [0.25, 0.3) is 5.56 Å². The number of hydrogen-bond acceptors (Lipinski definition) is 3. The SMILES string of the molecule is CC(=O)Nc1cccc(-n2cc(-c3ccoc3)ccc2=O)c1. The Morgan fingerprint density at radius 2 is 2.00 bits per heavy atom. The molecule has 0 spiro atoms. The highest BCUT2D eigenvalue weighted by atomic mass is 16.3. The number of aromatic nitrogens is 1. The molecule has 3 rings (SSSR count). The number of carbonyl (C=O) groups excluding carboxylic acids is 1.